The van der Waals surface area contributed by atoms with Gasteiger partial charge in [-0.2, -0.15) is 0 Å². The minimum absolute atomic E-state index is 0.151. The first-order chi connectivity index (χ1) is 13.6. The predicted octanol–water partition coefficient (Wildman–Crippen LogP) is 4.84. The van der Waals surface area contributed by atoms with Crippen molar-refractivity contribution in [3.05, 3.63) is 64.7 Å². The number of nitrogens with zero attached hydrogens (tertiary/aromatic N) is 4. The van der Waals surface area contributed by atoms with Gasteiger partial charge < -0.3 is 0 Å². The second-order valence-electron chi connectivity index (χ2n) is 6.18. The van der Waals surface area contributed by atoms with E-state index in [1.165, 1.54) is 0 Å². The summed E-state index contributed by atoms with van der Waals surface area (Å²) in [4.78, 5) is 25.5. The molecule has 0 saturated heterocycles. The summed E-state index contributed by atoms with van der Waals surface area (Å²) in [7, 11) is 0. The number of fused-ring (bicyclic) bond motifs is 2. The third-order valence-electron chi connectivity index (χ3n) is 4.24. The maximum absolute atomic E-state index is 13.3. The SMILES string of the molecule is CCCn1c(Sc2nc(C(F)F)nc3ccccc23)nc2ccccc2c1=O. The van der Waals surface area contributed by atoms with Gasteiger partial charge in [-0.3, -0.25) is 9.36 Å². The first kappa shape index (κ1) is 18.5. The van der Waals surface area contributed by atoms with E-state index in [1.807, 2.05) is 13.0 Å². The molecule has 2 aromatic heterocycles. The van der Waals surface area contributed by atoms with Gasteiger partial charge in [0.1, 0.15) is 5.03 Å². The van der Waals surface area contributed by atoms with Crippen LogP contribution in [0.3, 0.4) is 0 Å². The Kier molecular flexibility index (Phi) is 5.04. The van der Waals surface area contributed by atoms with Crippen LogP contribution >= 0.6 is 11.8 Å². The summed E-state index contributed by atoms with van der Waals surface area (Å²) in [5.41, 5.74) is 0.845. The molecule has 28 heavy (non-hydrogen) atoms. The molecule has 0 aliphatic heterocycles. The quantitative estimate of drug-likeness (QED) is 0.356. The summed E-state index contributed by atoms with van der Waals surface area (Å²) < 4.78 is 28.1. The number of benzene rings is 2. The van der Waals surface area contributed by atoms with Gasteiger partial charge in [-0.1, -0.05) is 37.3 Å². The van der Waals surface area contributed by atoms with E-state index in [4.69, 9.17) is 0 Å². The van der Waals surface area contributed by atoms with Crippen molar-refractivity contribution in [1.29, 1.82) is 0 Å². The minimum atomic E-state index is -2.79. The van der Waals surface area contributed by atoms with Crippen LogP contribution in [-0.2, 0) is 6.54 Å². The highest BCUT2D eigenvalue weighted by atomic mass is 32.2. The fourth-order valence-corrected chi connectivity index (χ4v) is 4.00. The lowest BCUT2D eigenvalue weighted by Gasteiger charge is -2.13. The van der Waals surface area contributed by atoms with Crippen LogP contribution in [-0.4, -0.2) is 19.5 Å². The second-order valence-corrected chi connectivity index (χ2v) is 7.13. The molecule has 0 saturated carbocycles. The van der Waals surface area contributed by atoms with Crippen molar-refractivity contribution >= 4 is 33.6 Å². The number of hydrogen-bond donors (Lipinski definition) is 0. The van der Waals surface area contributed by atoms with Gasteiger partial charge in [-0.25, -0.2) is 23.7 Å². The van der Waals surface area contributed by atoms with E-state index in [9.17, 15) is 13.6 Å². The lowest BCUT2D eigenvalue weighted by atomic mass is 10.2. The van der Waals surface area contributed by atoms with Crippen LogP contribution in [0.5, 0.6) is 0 Å². The van der Waals surface area contributed by atoms with Gasteiger partial charge in [0.05, 0.1) is 16.4 Å². The van der Waals surface area contributed by atoms with Gasteiger partial charge in [0.15, 0.2) is 11.0 Å². The molecular formula is C20H16F2N4OS. The first-order valence-electron chi connectivity index (χ1n) is 8.80. The molecule has 0 spiro atoms. The maximum atomic E-state index is 13.3. The maximum Gasteiger partial charge on any atom is 0.297 e. The van der Waals surface area contributed by atoms with E-state index in [0.717, 1.165) is 18.2 Å². The molecule has 0 fully saturated rings. The number of aromatic nitrogens is 4. The highest BCUT2D eigenvalue weighted by Crippen LogP contribution is 2.32. The van der Waals surface area contributed by atoms with Gasteiger partial charge in [-0.15, -0.1) is 0 Å². The van der Waals surface area contributed by atoms with Crippen molar-refractivity contribution in [2.75, 3.05) is 0 Å². The van der Waals surface area contributed by atoms with Crippen molar-refractivity contribution in [2.45, 2.75) is 36.5 Å². The molecule has 4 rings (SSSR count). The summed E-state index contributed by atoms with van der Waals surface area (Å²) >= 11 is 1.11. The van der Waals surface area contributed by atoms with Crippen LogP contribution < -0.4 is 5.56 Å². The standard InChI is InChI=1S/C20H16F2N4OS/c1-2-11-26-19(27)13-8-4-6-10-15(13)24-20(26)28-18-12-7-3-5-9-14(12)23-17(25-18)16(21)22/h3-10,16H,2,11H2,1H3. The molecule has 0 atom stereocenters. The Morgan fingerprint density at radius 3 is 2.29 bits per heavy atom. The summed E-state index contributed by atoms with van der Waals surface area (Å²) in [6.45, 7) is 2.44. The highest BCUT2D eigenvalue weighted by molar-refractivity contribution is 7.99. The summed E-state index contributed by atoms with van der Waals surface area (Å²) in [6, 6.07) is 14.1. The van der Waals surface area contributed by atoms with Crippen molar-refractivity contribution < 1.29 is 8.78 Å². The summed E-state index contributed by atoms with van der Waals surface area (Å²) in [5.74, 6) is -0.536. The molecule has 4 aromatic rings. The molecule has 0 aliphatic carbocycles. The Bertz CT molecular complexity index is 1230. The number of para-hydroxylation sites is 2. The number of alkyl halides is 2. The van der Waals surface area contributed by atoms with Gasteiger partial charge >= 0.3 is 0 Å². The monoisotopic (exact) mass is 398 g/mol. The molecule has 5 nitrogen and oxygen atoms in total. The Labute approximate surface area is 163 Å². The molecule has 0 unspecified atom stereocenters. The van der Waals surface area contributed by atoms with Crippen LogP contribution in [0.25, 0.3) is 21.8 Å². The Morgan fingerprint density at radius 1 is 0.964 bits per heavy atom. The zero-order valence-electron chi connectivity index (χ0n) is 15.0. The van der Waals surface area contributed by atoms with E-state index >= 15 is 0 Å². The fourth-order valence-electron chi connectivity index (χ4n) is 2.97. The predicted molar refractivity (Wildman–Crippen MR) is 105 cm³/mol. The van der Waals surface area contributed by atoms with Gasteiger partial charge in [0.2, 0.25) is 0 Å². The van der Waals surface area contributed by atoms with E-state index in [0.29, 0.717) is 38.5 Å². The largest absolute Gasteiger partial charge is 0.297 e. The normalized spacial score (nSPS) is 11.6. The Morgan fingerprint density at radius 2 is 1.61 bits per heavy atom. The molecule has 0 amide bonds. The first-order valence-corrected chi connectivity index (χ1v) is 9.62. The van der Waals surface area contributed by atoms with E-state index in [-0.39, 0.29) is 5.56 Å². The fraction of sp³-hybridized carbons (Fsp3) is 0.200. The molecule has 0 aliphatic rings. The van der Waals surface area contributed by atoms with Crippen LogP contribution in [0.1, 0.15) is 25.6 Å². The van der Waals surface area contributed by atoms with Gasteiger partial charge in [-0.05, 0) is 36.4 Å². The van der Waals surface area contributed by atoms with Gasteiger partial charge in [0, 0.05) is 11.9 Å². The van der Waals surface area contributed by atoms with Crippen LogP contribution in [0.2, 0.25) is 0 Å². The van der Waals surface area contributed by atoms with Gasteiger partial charge in [0.25, 0.3) is 12.0 Å². The minimum Gasteiger partial charge on any atom is -0.287 e. The highest BCUT2D eigenvalue weighted by Gasteiger charge is 2.18. The zero-order valence-corrected chi connectivity index (χ0v) is 15.8. The van der Waals surface area contributed by atoms with Crippen LogP contribution in [0.4, 0.5) is 8.78 Å². The van der Waals surface area contributed by atoms with Crippen molar-refractivity contribution in [1.82, 2.24) is 19.5 Å². The van der Waals surface area contributed by atoms with Crippen LogP contribution in [0.15, 0.2) is 63.5 Å². The summed E-state index contributed by atoms with van der Waals surface area (Å²) in [5, 5.41) is 1.95. The third-order valence-corrected chi connectivity index (χ3v) is 5.24. The molecular weight excluding hydrogens is 382 g/mol. The molecule has 8 heteroatoms. The molecule has 2 heterocycles. The van der Waals surface area contributed by atoms with E-state index in [1.54, 1.807) is 47.0 Å². The molecule has 0 bridgehead atoms. The van der Waals surface area contributed by atoms with Crippen molar-refractivity contribution in [2.24, 2.45) is 0 Å². The van der Waals surface area contributed by atoms with Crippen molar-refractivity contribution in [3.63, 3.8) is 0 Å². The number of rotatable bonds is 5. The van der Waals surface area contributed by atoms with E-state index in [2.05, 4.69) is 15.0 Å². The van der Waals surface area contributed by atoms with Crippen molar-refractivity contribution in [3.8, 4) is 0 Å². The second kappa shape index (κ2) is 7.63. The third kappa shape index (κ3) is 3.35. The zero-order chi connectivity index (χ0) is 19.7. The molecule has 0 N–H and O–H groups in total. The molecule has 0 radical (unpaired) electrons. The lowest BCUT2D eigenvalue weighted by molar-refractivity contribution is 0.140. The van der Waals surface area contributed by atoms with Crippen LogP contribution in [0, 0.1) is 0 Å². The Balaban J connectivity index is 1.93. The smallest absolute Gasteiger partial charge is 0.287 e. The topological polar surface area (TPSA) is 60.7 Å². The average Bonchev–Trinajstić information content (AvgIpc) is 2.70. The van der Waals surface area contributed by atoms with E-state index < -0.39 is 12.2 Å². The molecule has 2 aromatic carbocycles. The average molecular weight is 398 g/mol. The summed E-state index contributed by atoms with van der Waals surface area (Å²) in [6.07, 6.45) is -2.05. The molecule has 142 valence electrons. The number of halogens is 2. The lowest BCUT2D eigenvalue weighted by Crippen LogP contribution is -2.23. The number of hydrogen-bond acceptors (Lipinski definition) is 5. The Hall–Kier alpha value is -2.87.